The fourth-order valence-corrected chi connectivity index (χ4v) is 5.82. The summed E-state index contributed by atoms with van der Waals surface area (Å²) in [5, 5.41) is 0. The molecule has 3 atom stereocenters. The highest BCUT2D eigenvalue weighted by Gasteiger charge is 2.57. The number of hydrogen-bond donors (Lipinski definition) is 1. The van der Waals surface area contributed by atoms with Gasteiger partial charge in [0, 0.05) is 6.04 Å². The second-order valence-corrected chi connectivity index (χ2v) is 7.90. The Morgan fingerprint density at radius 2 is 1.88 bits per heavy atom. The minimum atomic E-state index is 0.366. The Labute approximate surface area is 106 Å². The van der Waals surface area contributed by atoms with Crippen LogP contribution in [0, 0.1) is 22.7 Å². The van der Waals surface area contributed by atoms with Crippen LogP contribution in [0.15, 0.2) is 12.2 Å². The summed E-state index contributed by atoms with van der Waals surface area (Å²) < 4.78 is 0. The van der Waals surface area contributed by atoms with Crippen molar-refractivity contribution in [1.29, 1.82) is 0 Å². The summed E-state index contributed by atoms with van der Waals surface area (Å²) in [6, 6.07) is 0.366. The Kier molecular flexibility index (Phi) is 2.49. The molecular weight excluding hydrogens is 206 g/mol. The molecule has 2 N–H and O–H groups in total. The standard InChI is InChI=1S/C16H27N/c1-11(2)4-14(17)16-8-12-5-13(9-16)7-15(3,6-12)10-16/h12-14H,1,4-10,17H2,2-3H3. The molecule has 4 bridgehead atoms. The van der Waals surface area contributed by atoms with Crippen LogP contribution < -0.4 is 5.73 Å². The quantitative estimate of drug-likeness (QED) is 0.735. The zero-order valence-electron chi connectivity index (χ0n) is 11.5. The van der Waals surface area contributed by atoms with Gasteiger partial charge in [0.2, 0.25) is 0 Å². The summed E-state index contributed by atoms with van der Waals surface area (Å²) in [6.07, 6.45) is 9.70. The van der Waals surface area contributed by atoms with Gasteiger partial charge < -0.3 is 5.73 Å². The first-order valence-electron chi connectivity index (χ1n) is 7.31. The molecule has 1 nitrogen and oxygen atoms in total. The van der Waals surface area contributed by atoms with Gasteiger partial charge in [-0.05, 0) is 74.5 Å². The molecule has 0 saturated heterocycles. The molecule has 4 rings (SSSR count). The van der Waals surface area contributed by atoms with E-state index in [9.17, 15) is 0 Å². The molecule has 3 unspecified atom stereocenters. The summed E-state index contributed by atoms with van der Waals surface area (Å²) in [6.45, 7) is 8.71. The lowest BCUT2D eigenvalue weighted by molar-refractivity contribution is -0.112. The van der Waals surface area contributed by atoms with E-state index in [1.165, 1.54) is 44.1 Å². The highest BCUT2D eigenvalue weighted by Crippen LogP contribution is 2.66. The van der Waals surface area contributed by atoms with Crippen LogP contribution >= 0.6 is 0 Å². The van der Waals surface area contributed by atoms with Gasteiger partial charge >= 0.3 is 0 Å². The largest absolute Gasteiger partial charge is 0.327 e. The molecule has 17 heavy (non-hydrogen) atoms. The van der Waals surface area contributed by atoms with Crippen molar-refractivity contribution in [2.45, 2.75) is 64.8 Å². The fourth-order valence-electron chi connectivity index (χ4n) is 5.82. The topological polar surface area (TPSA) is 26.0 Å². The van der Waals surface area contributed by atoms with E-state index in [1.54, 1.807) is 0 Å². The first kappa shape index (κ1) is 11.8. The van der Waals surface area contributed by atoms with Crippen molar-refractivity contribution in [2.24, 2.45) is 28.4 Å². The molecule has 0 heterocycles. The first-order chi connectivity index (χ1) is 7.91. The van der Waals surface area contributed by atoms with E-state index >= 15 is 0 Å². The summed E-state index contributed by atoms with van der Waals surface area (Å²) in [4.78, 5) is 0. The number of nitrogens with two attached hydrogens (primary N) is 1. The van der Waals surface area contributed by atoms with E-state index in [2.05, 4.69) is 20.4 Å². The van der Waals surface area contributed by atoms with Crippen LogP contribution in [0.5, 0.6) is 0 Å². The average molecular weight is 233 g/mol. The van der Waals surface area contributed by atoms with Crippen LogP contribution in [0.1, 0.15) is 58.8 Å². The summed E-state index contributed by atoms with van der Waals surface area (Å²) in [5.41, 5.74) is 8.93. The molecule has 0 spiro atoms. The van der Waals surface area contributed by atoms with Crippen molar-refractivity contribution in [2.75, 3.05) is 0 Å². The SMILES string of the molecule is C=C(C)CC(N)C12CC3CC(CC(C)(C3)C1)C2. The molecule has 4 aliphatic rings. The summed E-state index contributed by atoms with van der Waals surface area (Å²) >= 11 is 0. The van der Waals surface area contributed by atoms with E-state index in [1.807, 2.05) is 0 Å². The van der Waals surface area contributed by atoms with Gasteiger partial charge in [0.15, 0.2) is 0 Å². The Morgan fingerprint density at radius 3 is 2.35 bits per heavy atom. The fraction of sp³-hybridized carbons (Fsp3) is 0.875. The third kappa shape index (κ3) is 1.87. The smallest absolute Gasteiger partial charge is 0.0133 e. The van der Waals surface area contributed by atoms with Crippen molar-refractivity contribution < 1.29 is 0 Å². The Morgan fingerprint density at radius 1 is 1.29 bits per heavy atom. The van der Waals surface area contributed by atoms with Gasteiger partial charge in [0.25, 0.3) is 0 Å². The summed E-state index contributed by atoms with van der Waals surface area (Å²) in [5.74, 6) is 1.97. The zero-order valence-corrected chi connectivity index (χ0v) is 11.5. The van der Waals surface area contributed by atoms with Gasteiger partial charge in [-0.3, -0.25) is 0 Å². The maximum absolute atomic E-state index is 6.57. The van der Waals surface area contributed by atoms with Crippen LogP contribution in [0.2, 0.25) is 0 Å². The van der Waals surface area contributed by atoms with E-state index in [4.69, 9.17) is 5.73 Å². The van der Waals surface area contributed by atoms with Crippen LogP contribution in [-0.2, 0) is 0 Å². The molecule has 4 fully saturated rings. The Bertz CT molecular complexity index is 329. The lowest BCUT2D eigenvalue weighted by Crippen LogP contribution is -2.57. The second kappa shape index (κ2) is 3.60. The second-order valence-electron chi connectivity index (χ2n) is 7.90. The Hall–Kier alpha value is -0.300. The minimum absolute atomic E-state index is 0.366. The van der Waals surface area contributed by atoms with Gasteiger partial charge in [-0.25, -0.2) is 0 Å². The third-order valence-electron chi connectivity index (χ3n) is 5.75. The Balaban J connectivity index is 1.85. The molecule has 0 aromatic heterocycles. The van der Waals surface area contributed by atoms with E-state index in [-0.39, 0.29) is 0 Å². The van der Waals surface area contributed by atoms with Crippen molar-refractivity contribution in [3.05, 3.63) is 12.2 Å². The highest BCUT2D eigenvalue weighted by molar-refractivity contribution is 5.11. The van der Waals surface area contributed by atoms with Gasteiger partial charge in [0.05, 0.1) is 0 Å². The van der Waals surface area contributed by atoms with Gasteiger partial charge in [0.1, 0.15) is 0 Å². The van der Waals surface area contributed by atoms with E-state index < -0.39 is 0 Å². The molecule has 0 radical (unpaired) electrons. The van der Waals surface area contributed by atoms with Crippen molar-refractivity contribution >= 4 is 0 Å². The molecule has 1 heteroatoms. The maximum Gasteiger partial charge on any atom is 0.0133 e. The average Bonchev–Trinajstić information content (AvgIpc) is 2.11. The maximum atomic E-state index is 6.57. The number of hydrogen-bond acceptors (Lipinski definition) is 1. The predicted octanol–water partition coefficient (Wildman–Crippen LogP) is 3.89. The van der Waals surface area contributed by atoms with E-state index in [0.717, 1.165) is 18.3 Å². The van der Waals surface area contributed by atoms with Gasteiger partial charge in [-0.15, -0.1) is 6.58 Å². The van der Waals surface area contributed by atoms with Crippen molar-refractivity contribution in [3.8, 4) is 0 Å². The molecule has 0 amide bonds. The summed E-state index contributed by atoms with van der Waals surface area (Å²) in [7, 11) is 0. The lowest BCUT2D eigenvalue weighted by atomic mass is 9.43. The minimum Gasteiger partial charge on any atom is -0.327 e. The molecule has 4 aliphatic carbocycles. The normalized spacial score (nSPS) is 49.4. The number of rotatable bonds is 3. The molecule has 0 aromatic carbocycles. The predicted molar refractivity (Wildman–Crippen MR) is 72.6 cm³/mol. The molecule has 0 aromatic rings. The molecule has 96 valence electrons. The van der Waals surface area contributed by atoms with Crippen LogP contribution in [0.25, 0.3) is 0 Å². The van der Waals surface area contributed by atoms with Crippen LogP contribution in [0.4, 0.5) is 0 Å². The van der Waals surface area contributed by atoms with E-state index in [0.29, 0.717) is 16.9 Å². The molecular formula is C16H27N. The first-order valence-corrected chi connectivity index (χ1v) is 7.31. The molecule has 4 saturated carbocycles. The highest BCUT2D eigenvalue weighted by atomic mass is 14.7. The van der Waals surface area contributed by atoms with Crippen LogP contribution in [0.3, 0.4) is 0 Å². The monoisotopic (exact) mass is 233 g/mol. The van der Waals surface area contributed by atoms with Gasteiger partial charge in [-0.1, -0.05) is 12.5 Å². The molecule has 0 aliphatic heterocycles. The zero-order chi connectivity index (χ0) is 12.3. The lowest BCUT2D eigenvalue weighted by Gasteiger charge is -2.63. The van der Waals surface area contributed by atoms with Gasteiger partial charge in [-0.2, -0.15) is 0 Å². The van der Waals surface area contributed by atoms with Crippen molar-refractivity contribution in [1.82, 2.24) is 0 Å². The van der Waals surface area contributed by atoms with Crippen LogP contribution in [-0.4, -0.2) is 6.04 Å². The van der Waals surface area contributed by atoms with Crippen molar-refractivity contribution in [3.63, 3.8) is 0 Å². The third-order valence-corrected chi connectivity index (χ3v) is 5.75.